The molecule has 0 aliphatic carbocycles. The Balaban J connectivity index is 1.73. The predicted octanol–water partition coefficient (Wildman–Crippen LogP) is 3.73. The standard InChI is InChI=1S/C18H17N3O2/c1-2-23-15-10-6-9-14(11-15)18(22)19-17-12-16(20-21-17)13-7-4-3-5-8-13/h3-12H,2H2,1H3,(H2,19,20,21,22). The molecule has 0 aliphatic rings. The number of nitrogens with one attached hydrogen (secondary N) is 2. The molecule has 1 heterocycles. The Morgan fingerprint density at radius 1 is 1.13 bits per heavy atom. The van der Waals surface area contributed by atoms with Crippen LogP contribution in [0.1, 0.15) is 17.3 Å². The molecule has 2 N–H and O–H groups in total. The van der Waals surface area contributed by atoms with Gasteiger partial charge in [-0.15, -0.1) is 0 Å². The molecule has 23 heavy (non-hydrogen) atoms. The molecule has 0 aliphatic heterocycles. The normalized spacial score (nSPS) is 10.3. The molecule has 3 aromatic rings. The van der Waals surface area contributed by atoms with Crippen LogP contribution in [0.4, 0.5) is 5.82 Å². The number of amides is 1. The van der Waals surface area contributed by atoms with Crippen LogP contribution in [-0.2, 0) is 0 Å². The minimum Gasteiger partial charge on any atom is -0.494 e. The van der Waals surface area contributed by atoms with Crippen LogP contribution in [0.5, 0.6) is 5.75 Å². The van der Waals surface area contributed by atoms with Crippen molar-refractivity contribution in [2.24, 2.45) is 0 Å². The van der Waals surface area contributed by atoms with E-state index in [1.165, 1.54) is 0 Å². The molecule has 0 spiro atoms. The van der Waals surface area contributed by atoms with Crippen molar-refractivity contribution in [3.05, 3.63) is 66.2 Å². The number of H-pyrrole nitrogens is 1. The van der Waals surface area contributed by atoms with Crippen LogP contribution < -0.4 is 10.1 Å². The highest BCUT2D eigenvalue weighted by Gasteiger charge is 2.10. The maximum absolute atomic E-state index is 12.3. The summed E-state index contributed by atoms with van der Waals surface area (Å²) in [5.74, 6) is 0.931. The number of anilines is 1. The molecule has 0 atom stereocenters. The van der Waals surface area contributed by atoms with Gasteiger partial charge in [-0.25, -0.2) is 0 Å². The Morgan fingerprint density at radius 3 is 2.74 bits per heavy atom. The van der Waals surface area contributed by atoms with Crippen molar-refractivity contribution in [2.75, 3.05) is 11.9 Å². The number of nitrogens with zero attached hydrogens (tertiary/aromatic N) is 1. The summed E-state index contributed by atoms with van der Waals surface area (Å²) in [6.07, 6.45) is 0. The van der Waals surface area contributed by atoms with Gasteiger partial charge in [-0.2, -0.15) is 5.10 Å². The Labute approximate surface area is 134 Å². The van der Waals surface area contributed by atoms with E-state index in [9.17, 15) is 4.79 Å². The summed E-state index contributed by atoms with van der Waals surface area (Å²) in [6, 6.07) is 18.7. The SMILES string of the molecule is CCOc1cccc(C(=O)Nc2cc(-c3ccccc3)[nH]n2)c1. The third-order valence-corrected chi connectivity index (χ3v) is 3.31. The Morgan fingerprint density at radius 2 is 1.96 bits per heavy atom. The van der Waals surface area contributed by atoms with Gasteiger partial charge in [0.2, 0.25) is 0 Å². The first kappa shape index (κ1) is 14.8. The van der Waals surface area contributed by atoms with E-state index < -0.39 is 0 Å². The Kier molecular flexibility index (Phi) is 4.38. The topological polar surface area (TPSA) is 67.0 Å². The summed E-state index contributed by atoms with van der Waals surface area (Å²) in [7, 11) is 0. The van der Waals surface area contributed by atoms with Crippen molar-refractivity contribution in [3.63, 3.8) is 0 Å². The quantitative estimate of drug-likeness (QED) is 0.755. The fraction of sp³-hybridized carbons (Fsp3) is 0.111. The fourth-order valence-corrected chi connectivity index (χ4v) is 2.23. The van der Waals surface area contributed by atoms with Crippen molar-refractivity contribution in [1.29, 1.82) is 0 Å². The molecular weight excluding hydrogens is 290 g/mol. The number of rotatable bonds is 5. The second kappa shape index (κ2) is 6.79. The molecule has 1 aromatic heterocycles. The smallest absolute Gasteiger partial charge is 0.256 e. The molecule has 0 unspecified atom stereocenters. The average molecular weight is 307 g/mol. The largest absolute Gasteiger partial charge is 0.494 e. The number of aromatic nitrogens is 2. The van der Waals surface area contributed by atoms with Gasteiger partial charge in [0.05, 0.1) is 12.3 Å². The van der Waals surface area contributed by atoms with Gasteiger partial charge in [0.1, 0.15) is 5.75 Å². The van der Waals surface area contributed by atoms with E-state index in [0.29, 0.717) is 23.7 Å². The zero-order valence-corrected chi connectivity index (χ0v) is 12.7. The van der Waals surface area contributed by atoms with Gasteiger partial charge in [-0.05, 0) is 30.7 Å². The van der Waals surface area contributed by atoms with Gasteiger partial charge in [0.25, 0.3) is 5.91 Å². The molecule has 3 rings (SSSR count). The number of carbonyl (C=O) groups is 1. The molecule has 0 saturated carbocycles. The molecule has 0 fully saturated rings. The summed E-state index contributed by atoms with van der Waals surface area (Å²) >= 11 is 0. The lowest BCUT2D eigenvalue weighted by molar-refractivity contribution is 0.102. The van der Waals surface area contributed by atoms with E-state index >= 15 is 0 Å². The van der Waals surface area contributed by atoms with Crippen LogP contribution >= 0.6 is 0 Å². The molecule has 2 aromatic carbocycles. The van der Waals surface area contributed by atoms with Gasteiger partial charge < -0.3 is 10.1 Å². The average Bonchev–Trinajstić information content (AvgIpc) is 3.05. The molecule has 116 valence electrons. The lowest BCUT2D eigenvalue weighted by Crippen LogP contribution is -2.12. The maximum atomic E-state index is 12.3. The van der Waals surface area contributed by atoms with Gasteiger partial charge in [0.15, 0.2) is 5.82 Å². The summed E-state index contributed by atoms with van der Waals surface area (Å²) < 4.78 is 5.41. The minimum absolute atomic E-state index is 0.224. The predicted molar refractivity (Wildman–Crippen MR) is 89.6 cm³/mol. The first-order valence-electron chi connectivity index (χ1n) is 7.41. The van der Waals surface area contributed by atoms with Crippen LogP contribution in [0.25, 0.3) is 11.3 Å². The third-order valence-electron chi connectivity index (χ3n) is 3.31. The van der Waals surface area contributed by atoms with E-state index in [1.807, 2.05) is 43.3 Å². The van der Waals surface area contributed by atoms with E-state index in [2.05, 4.69) is 15.5 Å². The molecular formula is C18H17N3O2. The van der Waals surface area contributed by atoms with Crippen molar-refractivity contribution < 1.29 is 9.53 Å². The van der Waals surface area contributed by atoms with Crippen LogP contribution in [0.2, 0.25) is 0 Å². The summed E-state index contributed by atoms with van der Waals surface area (Å²) in [6.45, 7) is 2.46. The van der Waals surface area contributed by atoms with Crippen LogP contribution in [0.15, 0.2) is 60.7 Å². The van der Waals surface area contributed by atoms with E-state index in [-0.39, 0.29) is 5.91 Å². The fourth-order valence-electron chi connectivity index (χ4n) is 2.23. The van der Waals surface area contributed by atoms with Crippen molar-refractivity contribution in [3.8, 4) is 17.0 Å². The molecule has 5 nitrogen and oxygen atoms in total. The van der Waals surface area contributed by atoms with Crippen LogP contribution in [-0.4, -0.2) is 22.7 Å². The lowest BCUT2D eigenvalue weighted by atomic mass is 10.1. The Bertz CT molecular complexity index is 797. The zero-order chi connectivity index (χ0) is 16.1. The molecule has 0 saturated heterocycles. The Hall–Kier alpha value is -3.08. The van der Waals surface area contributed by atoms with Gasteiger partial charge in [-0.3, -0.25) is 9.89 Å². The third kappa shape index (κ3) is 3.58. The van der Waals surface area contributed by atoms with E-state index in [1.54, 1.807) is 24.3 Å². The summed E-state index contributed by atoms with van der Waals surface area (Å²) in [5.41, 5.74) is 2.39. The van der Waals surface area contributed by atoms with Gasteiger partial charge >= 0.3 is 0 Å². The van der Waals surface area contributed by atoms with Crippen molar-refractivity contribution >= 4 is 11.7 Å². The number of benzene rings is 2. The van der Waals surface area contributed by atoms with Crippen molar-refractivity contribution in [1.82, 2.24) is 10.2 Å². The van der Waals surface area contributed by atoms with Crippen LogP contribution in [0.3, 0.4) is 0 Å². The number of carbonyl (C=O) groups excluding carboxylic acids is 1. The van der Waals surface area contributed by atoms with Gasteiger partial charge in [-0.1, -0.05) is 36.4 Å². The highest BCUT2D eigenvalue weighted by molar-refractivity contribution is 6.04. The highest BCUT2D eigenvalue weighted by Crippen LogP contribution is 2.20. The van der Waals surface area contributed by atoms with Crippen molar-refractivity contribution in [2.45, 2.75) is 6.92 Å². The molecule has 0 radical (unpaired) electrons. The highest BCUT2D eigenvalue weighted by atomic mass is 16.5. The minimum atomic E-state index is -0.224. The second-order valence-electron chi connectivity index (χ2n) is 4.95. The number of ether oxygens (including phenoxy) is 1. The number of hydrogen-bond acceptors (Lipinski definition) is 3. The van der Waals surface area contributed by atoms with E-state index in [0.717, 1.165) is 11.3 Å². The first-order chi connectivity index (χ1) is 11.3. The molecule has 1 amide bonds. The monoisotopic (exact) mass is 307 g/mol. The summed E-state index contributed by atoms with van der Waals surface area (Å²) in [4.78, 5) is 12.3. The van der Waals surface area contributed by atoms with Gasteiger partial charge in [0, 0.05) is 11.6 Å². The molecule has 0 bridgehead atoms. The summed E-state index contributed by atoms with van der Waals surface area (Å²) in [5, 5.41) is 9.83. The second-order valence-corrected chi connectivity index (χ2v) is 4.95. The lowest BCUT2D eigenvalue weighted by Gasteiger charge is -2.05. The maximum Gasteiger partial charge on any atom is 0.256 e. The molecule has 5 heteroatoms. The first-order valence-corrected chi connectivity index (χ1v) is 7.41. The number of hydrogen-bond donors (Lipinski definition) is 2. The zero-order valence-electron chi connectivity index (χ0n) is 12.7. The van der Waals surface area contributed by atoms with E-state index in [4.69, 9.17) is 4.74 Å². The number of aromatic amines is 1. The van der Waals surface area contributed by atoms with Crippen LogP contribution in [0, 0.1) is 0 Å².